The molecule has 0 radical (unpaired) electrons. The monoisotopic (exact) mass is 344 g/mol. The second-order valence-corrected chi connectivity index (χ2v) is 5.97. The molecule has 1 N–H and O–H groups in total. The number of aromatic nitrogens is 2. The van der Waals surface area contributed by atoms with Gasteiger partial charge in [0.15, 0.2) is 11.6 Å². The van der Waals surface area contributed by atoms with E-state index in [9.17, 15) is 9.90 Å². The van der Waals surface area contributed by atoms with Gasteiger partial charge < -0.3 is 9.94 Å². The Kier molecular flexibility index (Phi) is 3.89. The number of benzene rings is 3. The van der Waals surface area contributed by atoms with E-state index >= 15 is 0 Å². The summed E-state index contributed by atoms with van der Waals surface area (Å²) in [5.74, 6) is 0.773. The van der Waals surface area contributed by atoms with Gasteiger partial charge in [-0.15, -0.1) is 4.73 Å². The molecule has 0 unspecified atom stereocenters. The van der Waals surface area contributed by atoms with Crippen molar-refractivity contribution in [2.75, 3.05) is 0 Å². The molecule has 5 nitrogen and oxygen atoms in total. The van der Waals surface area contributed by atoms with Gasteiger partial charge in [0.2, 0.25) is 0 Å². The Labute approximate surface area is 149 Å². The Morgan fingerprint density at radius 1 is 0.923 bits per heavy atom. The minimum absolute atomic E-state index is 0.0240. The molecule has 0 aliphatic rings. The average molecular weight is 344 g/mol. The summed E-state index contributed by atoms with van der Waals surface area (Å²) in [5, 5.41) is 10.7. The molecular formula is C21H16N2O3. The third-order valence-corrected chi connectivity index (χ3v) is 4.10. The minimum atomic E-state index is -0.338. The van der Waals surface area contributed by atoms with E-state index in [-0.39, 0.29) is 17.1 Å². The Balaban J connectivity index is 1.98. The summed E-state index contributed by atoms with van der Waals surface area (Å²) in [4.78, 5) is 23.4. The summed E-state index contributed by atoms with van der Waals surface area (Å²) in [6.07, 6.45) is 0. The van der Waals surface area contributed by atoms with Crippen LogP contribution in [0.25, 0.3) is 22.3 Å². The number of hydrogen-bond acceptors (Lipinski definition) is 4. The number of rotatable bonds is 3. The van der Waals surface area contributed by atoms with E-state index in [1.807, 2.05) is 25.1 Å². The summed E-state index contributed by atoms with van der Waals surface area (Å²) < 4.78 is 1.13. The number of para-hydroxylation sites is 2. The molecule has 0 fully saturated rings. The molecule has 0 amide bonds. The number of phenolic OH excluding ortho intramolecular Hbond substituents is 1. The minimum Gasteiger partial charge on any atom is -0.507 e. The highest BCUT2D eigenvalue weighted by molar-refractivity contribution is 5.80. The number of hydrogen-bond donors (Lipinski definition) is 1. The molecule has 128 valence electrons. The molecular weight excluding hydrogens is 328 g/mol. The van der Waals surface area contributed by atoms with Gasteiger partial charge in [0.05, 0.1) is 16.5 Å². The van der Waals surface area contributed by atoms with Crippen molar-refractivity contribution in [1.82, 2.24) is 9.71 Å². The normalized spacial score (nSPS) is 10.8. The van der Waals surface area contributed by atoms with Gasteiger partial charge in [-0.3, -0.25) is 4.79 Å². The summed E-state index contributed by atoms with van der Waals surface area (Å²) >= 11 is 0. The van der Waals surface area contributed by atoms with Crippen molar-refractivity contribution in [3.63, 3.8) is 0 Å². The van der Waals surface area contributed by atoms with Crippen molar-refractivity contribution >= 4 is 10.9 Å². The van der Waals surface area contributed by atoms with E-state index < -0.39 is 0 Å². The Morgan fingerprint density at radius 2 is 1.62 bits per heavy atom. The SMILES string of the molecule is Cc1ccc(On2c(-c3ccccc3O)nc3ccccc3c2=O)cc1. The first-order valence-corrected chi connectivity index (χ1v) is 8.18. The number of fused-ring (bicyclic) bond motifs is 1. The number of phenols is 1. The maximum atomic E-state index is 13.0. The van der Waals surface area contributed by atoms with E-state index in [1.54, 1.807) is 54.6 Å². The van der Waals surface area contributed by atoms with Gasteiger partial charge in [0, 0.05) is 0 Å². The fourth-order valence-electron chi connectivity index (χ4n) is 2.74. The van der Waals surface area contributed by atoms with Gasteiger partial charge in [0.25, 0.3) is 5.56 Å². The molecule has 4 aromatic rings. The molecule has 0 spiro atoms. The lowest BCUT2D eigenvalue weighted by Crippen LogP contribution is -2.27. The Hall–Kier alpha value is -3.60. The standard InChI is InChI=1S/C21H16N2O3/c1-14-10-12-15(13-11-14)26-23-20(17-7-3-5-9-19(17)24)22-18-8-4-2-6-16(18)21(23)25/h2-13,24H,1H3. The predicted octanol–water partition coefficient (Wildman–Crippen LogP) is 3.92. The van der Waals surface area contributed by atoms with Gasteiger partial charge >= 0.3 is 0 Å². The van der Waals surface area contributed by atoms with Gasteiger partial charge in [-0.25, -0.2) is 4.98 Å². The van der Waals surface area contributed by atoms with Gasteiger partial charge in [-0.05, 0) is 43.3 Å². The van der Waals surface area contributed by atoms with Crippen LogP contribution in [0.2, 0.25) is 0 Å². The number of aryl methyl sites for hydroxylation is 1. The second kappa shape index (κ2) is 6.37. The van der Waals surface area contributed by atoms with Crippen LogP contribution in [-0.2, 0) is 0 Å². The van der Waals surface area contributed by atoms with Crippen LogP contribution in [0.4, 0.5) is 0 Å². The summed E-state index contributed by atoms with van der Waals surface area (Å²) in [5.41, 5.74) is 1.71. The van der Waals surface area contributed by atoms with Crippen LogP contribution in [0.5, 0.6) is 11.5 Å². The predicted molar refractivity (Wildman–Crippen MR) is 100 cm³/mol. The van der Waals surface area contributed by atoms with E-state index in [2.05, 4.69) is 4.98 Å². The first-order valence-electron chi connectivity index (χ1n) is 8.18. The van der Waals surface area contributed by atoms with Gasteiger partial charge in [-0.1, -0.05) is 42.0 Å². The zero-order valence-corrected chi connectivity index (χ0v) is 14.1. The van der Waals surface area contributed by atoms with Crippen LogP contribution >= 0.6 is 0 Å². The molecule has 0 aliphatic carbocycles. The molecule has 0 saturated carbocycles. The highest BCUT2D eigenvalue weighted by Gasteiger charge is 2.17. The van der Waals surface area contributed by atoms with Crippen LogP contribution in [0.15, 0.2) is 77.6 Å². The lowest BCUT2D eigenvalue weighted by molar-refractivity contribution is 0.207. The summed E-state index contributed by atoms with van der Waals surface area (Å²) in [6.45, 7) is 1.97. The fourth-order valence-corrected chi connectivity index (χ4v) is 2.74. The molecule has 0 saturated heterocycles. The van der Waals surface area contributed by atoms with Gasteiger partial charge in [-0.2, -0.15) is 0 Å². The maximum Gasteiger partial charge on any atom is 0.294 e. The molecule has 1 aromatic heterocycles. The molecule has 0 aliphatic heterocycles. The molecule has 5 heteroatoms. The van der Waals surface area contributed by atoms with Crippen LogP contribution in [0, 0.1) is 6.92 Å². The first-order chi connectivity index (χ1) is 12.6. The quantitative estimate of drug-likeness (QED) is 0.612. The lowest BCUT2D eigenvalue weighted by atomic mass is 10.1. The molecule has 4 rings (SSSR count). The van der Waals surface area contributed by atoms with E-state index in [0.717, 1.165) is 10.3 Å². The third-order valence-electron chi connectivity index (χ3n) is 4.10. The fraction of sp³-hybridized carbons (Fsp3) is 0.0476. The highest BCUT2D eigenvalue weighted by atomic mass is 16.7. The largest absolute Gasteiger partial charge is 0.507 e. The molecule has 0 bridgehead atoms. The van der Waals surface area contributed by atoms with E-state index in [4.69, 9.17) is 4.84 Å². The van der Waals surface area contributed by atoms with Crippen molar-refractivity contribution in [3.05, 3.63) is 88.7 Å². The highest BCUT2D eigenvalue weighted by Crippen LogP contribution is 2.28. The Morgan fingerprint density at radius 3 is 2.38 bits per heavy atom. The zero-order valence-electron chi connectivity index (χ0n) is 14.1. The Bertz CT molecular complexity index is 1150. The van der Waals surface area contributed by atoms with Crippen molar-refractivity contribution in [1.29, 1.82) is 0 Å². The molecule has 1 heterocycles. The summed E-state index contributed by atoms with van der Waals surface area (Å²) in [7, 11) is 0. The maximum absolute atomic E-state index is 13.0. The lowest BCUT2D eigenvalue weighted by Gasteiger charge is -2.14. The smallest absolute Gasteiger partial charge is 0.294 e. The van der Waals surface area contributed by atoms with Gasteiger partial charge in [0.1, 0.15) is 5.75 Å². The van der Waals surface area contributed by atoms with Crippen LogP contribution in [0.3, 0.4) is 0 Å². The van der Waals surface area contributed by atoms with Crippen molar-refractivity contribution in [3.8, 4) is 22.9 Å². The van der Waals surface area contributed by atoms with E-state index in [1.165, 1.54) is 0 Å². The molecule has 26 heavy (non-hydrogen) atoms. The average Bonchev–Trinajstić information content (AvgIpc) is 2.66. The van der Waals surface area contributed by atoms with E-state index in [0.29, 0.717) is 22.2 Å². The number of aromatic hydroxyl groups is 1. The van der Waals surface area contributed by atoms with Crippen molar-refractivity contribution in [2.45, 2.75) is 6.92 Å². The zero-order chi connectivity index (χ0) is 18.1. The molecule has 0 atom stereocenters. The van der Waals surface area contributed by atoms with Crippen LogP contribution in [-0.4, -0.2) is 14.8 Å². The van der Waals surface area contributed by atoms with Crippen LogP contribution < -0.4 is 10.4 Å². The summed E-state index contributed by atoms with van der Waals surface area (Å²) in [6, 6.07) is 21.1. The van der Waals surface area contributed by atoms with Crippen molar-refractivity contribution < 1.29 is 9.94 Å². The topological polar surface area (TPSA) is 64.3 Å². The van der Waals surface area contributed by atoms with Crippen LogP contribution in [0.1, 0.15) is 5.56 Å². The number of nitrogens with zero attached hydrogens (tertiary/aromatic N) is 2. The second-order valence-electron chi connectivity index (χ2n) is 5.97. The van der Waals surface area contributed by atoms with Crippen molar-refractivity contribution in [2.24, 2.45) is 0 Å². The molecule has 3 aromatic carbocycles. The third kappa shape index (κ3) is 2.80. The first kappa shape index (κ1) is 15.9.